The van der Waals surface area contributed by atoms with Crippen molar-refractivity contribution in [3.63, 3.8) is 0 Å². The Bertz CT molecular complexity index is 1990. The molecule has 3 heteroatoms. The Labute approximate surface area is 292 Å². The van der Waals surface area contributed by atoms with E-state index in [1.165, 1.54) is 66.8 Å². The number of allylic oxidation sites excluding steroid dienone is 1. The molecular formula is C43H34Cl2Zr. The quantitative estimate of drug-likeness (QED) is 0.243. The zero-order valence-corrected chi connectivity index (χ0v) is 29.9. The minimum Gasteiger partial charge on any atom is -1.00 e. The van der Waals surface area contributed by atoms with Crippen molar-refractivity contribution in [3.8, 4) is 22.3 Å². The molecule has 0 heterocycles. The van der Waals surface area contributed by atoms with E-state index >= 15 is 0 Å². The number of hydrogen-bond acceptors (Lipinski definition) is 0. The summed E-state index contributed by atoms with van der Waals surface area (Å²) in [5.41, 5.74) is 16.8. The summed E-state index contributed by atoms with van der Waals surface area (Å²) in [6.45, 7) is 4.51. The molecule has 0 aromatic heterocycles. The molecule has 0 bridgehead atoms. The summed E-state index contributed by atoms with van der Waals surface area (Å²) in [6, 6.07) is 54.9. The predicted molar refractivity (Wildman–Crippen MR) is 183 cm³/mol. The minimum absolute atomic E-state index is 0. The van der Waals surface area contributed by atoms with Crippen LogP contribution >= 0.6 is 0 Å². The summed E-state index contributed by atoms with van der Waals surface area (Å²) in [4.78, 5) is 0. The Morgan fingerprint density at radius 2 is 1.02 bits per heavy atom. The summed E-state index contributed by atoms with van der Waals surface area (Å²) >= 11 is -2.79. The van der Waals surface area contributed by atoms with Crippen LogP contribution in [0.3, 0.4) is 0 Å². The Morgan fingerprint density at radius 1 is 0.500 bits per heavy atom. The Kier molecular flexibility index (Phi) is 9.58. The van der Waals surface area contributed by atoms with Gasteiger partial charge in [-0.2, -0.15) is 0 Å². The maximum atomic E-state index is 2.57. The van der Waals surface area contributed by atoms with E-state index in [-0.39, 0.29) is 24.8 Å². The van der Waals surface area contributed by atoms with Crippen molar-refractivity contribution >= 4 is 9.28 Å². The SMILES string of the molecule is Cc1ccc2c(c1)[CH]([Zr+2](=[C](c1ccccc1)c1ccccc1)[CH]1C=Cc3cc(-c4ccccc4)ccc31)c1cc(C)ccc1-2.[Cl-].[Cl-]. The van der Waals surface area contributed by atoms with Crippen LogP contribution in [-0.2, 0) is 21.3 Å². The molecule has 1 atom stereocenters. The van der Waals surface area contributed by atoms with E-state index < -0.39 is 21.3 Å². The third-order valence-electron chi connectivity index (χ3n) is 9.38. The molecule has 46 heavy (non-hydrogen) atoms. The van der Waals surface area contributed by atoms with Crippen LogP contribution in [0.5, 0.6) is 0 Å². The van der Waals surface area contributed by atoms with E-state index in [0.29, 0.717) is 7.25 Å². The van der Waals surface area contributed by atoms with Gasteiger partial charge >= 0.3 is 270 Å². The number of rotatable bonds is 5. The standard InChI is InChI=1S/C15H13.C15H11.C13H10.2ClH.Zr/c1-10-3-5-14-12(7-10)9-13-8-11(2)4-6-15(13)14;1-2-5-12(6-3-1)15-10-9-13-7-4-8-14(13)11-15;1-3-7-12(8-4-1)11-13-9-5-2-6-10-13;;;/h3-9H,1-2H3;1-11H;1-10H;2*1H;/q;;;;;+2/p-2. The van der Waals surface area contributed by atoms with Crippen LogP contribution in [-0.4, -0.2) is 3.21 Å². The molecule has 0 radical (unpaired) electrons. The Hall–Kier alpha value is -3.61. The molecule has 6 aromatic rings. The molecule has 0 nitrogen and oxygen atoms in total. The van der Waals surface area contributed by atoms with Gasteiger partial charge in [-0.1, -0.05) is 0 Å². The number of fused-ring (bicyclic) bond motifs is 4. The van der Waals surface area contributed by atoms with Crippen molar-refractivity contribution in [2.45, 2.75) is 21.1 Å². The van der Waals surface area contributed by atoms with E-state index in [4.69, 9.17) is 0 Å². The second kappa shape index (κ2) is 13.6. The van der Waals surface area contributed by atoms with Crippen molar-refractivity contribution < 1.29 is 46.1 Å². The number of benzene rings is 6. The molecule has 0 amide bonds. The second-order valence-corrected chi connectivity index (χ2v) is 18.6. The van der Waals surface area contributed by atoms with E-state index in [9.17, 15) is 0 Å². The monoisotopic (exact) mass is 710 g/mol. The van der Waals surface area contributed by atoms with Crippen molar-refractivity contribution in [2.24, 2.45) is 0 Å². The van der Waals surface area contributed by atoms with Gasteiger partial charge in [0.1, 0.15) is 0 Å². The van der Waals surface area contributed by atoms with Gasteiger partial charge in [-0.25, -0.2) is 0 Å². The van der Waals surface area contributed by atoms with Crippen molar-refractivity contribution in [3.05, 3.63) is 196 Å². The molecule has 6 aromatic carbocycles. The smallest absolute Gasteiger partial charge is 1.00 e. The molecular weight excluding hydrogens is 679 g/mol. The van der Waals surface area contributed by atoms with Gasteiger partial charge in [0.05, 0.1) is 0 Å². The third kappa shape index (κ3) is 5.75. The normalized spacial score (nSPS) is 13.8. The first-order valence-corrected chi connectivity index (χ1v) is 19.7. The molecule has 0 spiro atoms. The Balaban J connectivity index is 0.00000186. The predicted octanol–water partition coefficient (Wildman–Crippen LogP) is 4.70. The first-order chi connectivity index (χ1) is 21.7. The Morgan fingerprint density at radius 3 is 1.57 bits per heavy atom. The third-order valence-corrected chi connectivity index (χ3v) is 18.2. The molecule has 0 aliphatic heterocycles. The summed E-state index contributed by atoms with van der Waals surface area (Å²) in [5, 5.41) is 0. The number of hydrogen-bond donors (Lipinski definition) is 0. The molecule has 2 aliphatic carbocycles. The number of halogens is 2. The fourth-order valence-corrected chi connectivity index (χ4v) is 17.3. The van der Waals surface area contributed by atoms with Gasteiger partial charge in [-0.3, -0.25) is 0 Å². The molecule has 0 fully saturated rings. The van der Waals surface area contributed by atoms with Crippen LogP contribution in [0.15, 0.2) is 152 Å². The van der Waals surface area contributed by atoms with Crippen molar-refractivity contribution in [1.29, 1.82) is 0 Å². The fourth-order valence-electron chi connectivity index (χ4n) is 7.41. The summed E-state index contributed by atoms with van der Waals surface area (Å²) in [5.74, 6) is 0. The molecule has 0 saturated carbocycles. The van der Waals surface area contributed by atoms with Crippen LogP contribution in [0.2, 0.25) is 0 Å². The van der Waals surface area contributed by atoms with Gasteiger partial charge in [-0.15, -0.1) is 0 Å². The van der Waals surface area contributed by atoms with Gasteiger partial charge in [0.15, 0.2) is 0 Å². The maximum Gasteiger partial charge on any atom is -1.00 e. The van der Waals surface area contributed by atoms with Gasteiger partial charge in [-0.05, 0) is 0 Å². The maximum absolute atomic E-state index is 2.79. The number of aryl methyl sites for hydroxylation is 2. The molecule has 1 unspecified atom stereocenters. The van der Waals surface area contributed by atoms with Crippen LogP contribution in [0.4, 0.5) is 0 Å². The van der Waals surface area contributed by atoms with E-state index in [1.54, 1.807) is 3.21 Å². The first-order valence-electron chi connectivity index (χ1n) is 15.6. The van der Waals surface area contributed by atoms with E-state index in [1.807, 2.05) is 0 Å². The molecule has 8 rings (SSSR count). The van der Waals surface area contributed by atoms with Crippen molar-refractivity contribution in [2.75, 3.05) is 0 Å². The van der Waals surface area contributed by atoms with Gasteiger partial charge in [0.2, 0.25) is 0 Å². The minimum atomic E-state index is -2.79. The zero-order chi connectivity index (χ0) is 29.6. The van der Waals surface area contributed by atoms with Crippen LogP contribution in [0, 0.1) is 13.8 Å². The van der Waals surface area contributed by atoms with E-state index in [2.05, 4.69) is 172 Å². The molecule has 224 valence electrons. The van der Waals surface area contributed by atoms with Crippen LogP contribution in [0.1, 0.15) is 51.8 Å². The van der Waals surface area contributed by atoms with Crippen LogP contribution < -0.4 is 24.8 Å². The molecule has 0 saturated heterocycles. The second-order valence-electron chi connectivity index (χ2n) is 12.2. The van der Waals surface area contributed by atoms with Gasteiger partial charge < -0.3 is 24.8 Å². The van der Waals surface area contributed by atoms with Crippen LogP contribution in [0.25, 0.3) is 28.3 Å². The van der Waals surface area contributed by atoms with Gasteiger partial charge in [0.25, 0.3) is 0 Å². The average molecular weight is 713 g/mol. The fraction of sp³-hybridized carbons (Fsp3) is 0.0930. The first kappa shape index (κ1) is 32.3. The molecule has 2 aliphatic rings. The van der Waals surface area contributed by atoms with Crippen molar-refractivity contribution in [1.82, 2.24) is 0 Å². The summed E-state index contributed by atoms with van der Waals surface area (Å²) in [7, 11) is 0. The zero-order valence-electron chi connectivity index (χ0n) is 25.9. The summed E-state index contributed by atoms with van der Waals surface area (Å²) < 4.78 is 2.43. The van der Waals surface area contributed by atoms with E-state index in [0.717, 1.165) is 0 Å². The largest absolute Gasteiger partial charge is 1.00 e. The average Bonchev–Trinajstić information content (AvgIpc) is 3.62. The topological polar surface area (TPSA) is 0 Å². The summed E-state index contributed by atoms with van der Waals surface area (Å²) in [6.07, 6.45) is 4.99. The molecule has 0 N–H and O–H groups in total. The van der Waals surface area contributed by atoms with Gasteiger partial charge in [0, 0.05) is 0 Å².